The standard InChI is InChI=1S/C12H15BrO4/c13-10-3-1-2-8(5-10)4-9(12(16)17)6-11(15)7-14/h1-3,5,9,11,14-15H,4,6-7H2,(H,16,17). The predicted octanol–water partition coefficient (Wildman–Crippen LogP) is 1.44. The molecule has 0 spiro atoms. The van der Waals surface area contributed by atoms with Crippen molar-refractivity contribution in [2.24, 2.45) is 5.92 Å². The monoisotopic (exact) mass is 302 g/mol. The smallest absolute Gasteiger partial charge is 0.306 e. The Bertz CT molecular complexity index is 381. The van der Waals surface area contributed by atoms with Crippen LogP contribution >= 0.6 is 15.9 Å². The molecule has 4 nitrogen and oxygen atoms in total. The minimum atomic E-state index is -0.983. The lowest BCUT2D eigenvalue weighted by atomic mass is 9.94. The van der Waals surface area contributed by atoms with Gasteiger partial charge in [0.05, 0.1) is 18.6 Å². The molecule has 0 aliphatic heterocycles. The fourth-order valence-electron chi connectivity index (χ4n) is 1.62. The lowest BCUT2D eigenvalue weighted by Gasteiger charge is -2.15. The first-order chi connectivity index (χ1) is 8.02. The molecule has 1 aromatic rings. The average molecular weight is 303 g/mol. The number of aliphatic hydroxyl groups excluding tert-OH is 2. The van der Waals surface area contributed by atoms with Gasteiger partial charge < -0.3 is 15.3 Å². The molecule has 0 fully saturated rings. The van der Waals surface area contributed by atoms with E-state index < -0.39 is 24.6 Å². The van der Waals surface area contributed by atoms with Crippen LogP contribution in [-0.2, 0) is 11.2 Å². The molecule has 2 atom stereocenters. The van der Waals surface area contributed by atoms with E-state index in [0.717, 1.165) is 10.0 Å². The number of carboxylic acid groups (broad SMARTS) is 1. The topological polar surface area (TPSA) is 77.8 Å². The summed E-state index contributed by atoms with van der Waals surface area (Å²) in [5, 5.41) is 27.1. The van der Waals surface area contributed by atoms with Gasteiger partial charge in [-0.2, -0.15) is 0 Å². The van der Waals surface area contributed by atoms with Crippen LogP contribution in [0.4, 0.5) is 0 Å². The van der Waals surface area contributed by atoms with Crippen LogP contribution < -0.4 is 0 Å². The zero-order chi connectivity index (χ0) is 12.8. The molecular weight excluding hydrogens is 288 g/mol. The number of benzene rings is 1. The van der Waals surface area contributed by atoms with Crippen LogP contribution in [0.5, 0.6) is 0 Å². The van der Waals surface area contributed by atoms with Gasteiger partial charge in [-0.3, -0.25) is 4.79 Å². The fourth-order valence-corrected chi connectivity index (χ4v) is 2.07. The van der Waals surface area contributed by atoms with E-state index in [1.807, 2.05) is 24.3 Å². The van der Waals surface area contributed by atoms with Crippen LogP contribution in [-0.4, -0.2) is 34.0 Å². The zero-order valence-corrected chi connectivity index (χ0v) is 10.8. The van der Waals surface area contributed by atoms with Crippen molar-refractivity contribution in [2.45, 2.75) is 18.9 Å². The second-order valence-corrected chi connectivity index (χ2v) is 4.86. The van der Waals surface area contributed by atoms with Gasteiger partial charge in [0.25, 0.3) is 0 Å². The molecule has 94 valence electrons. The van der Waals surface area contributed by atoms with Crippen molar-refractivity contribution in [1.82, 2.24) is 0 Å². The molecule has 1 rings (SSSR count). The van der Waals surface area contributed by atoms with Crippen LogP contribution in [0.3, 0.4) is 0 Å². The molecule has 1 aromatic carbocycles. The quantitative estimate of drug-likeness (QED) is 0.743. The van der Waals surface area contributed by atoms with Crippen molar-refractivity contribution in [3.8, 4) is 0 Å². The van der Waals surface area contributed by atoms with Crippen molar-refractivity contribution >= 4 is 21.9 Å². The highest BCUT2D eigenvalue weighted by atomic mass is 79.9. The Balaban J connectivity index is 2.70. The van der Waals surface area contributed by atoms with E-state index in [9.17, 15) is 9.90 Å². The van der Waals surface area contributed by atoms with Crippen LogP contribution in [0.15, 0.2) is 28.7 Å². The maximum Gasteiger partial charge on any atom is 0.306 e. The summed E-state index contributed by atoms with van der Waals surface area (Å²) in [4.78, 5) is 11.0. The van der Waals surface area contributed by atoms with Gasteiger partial charge in [-0.15, -0.1) is 0 Å². The van der Waals surface area contributed by atoms with Crippen LogP contribution in [0.1, 0.15) is 12.0 Å². The molecule has 0 saturated carbocycles. The first-order valence-corrected chi connectivity index (χ1v) is 6.08. The molecule has 0 amide bonds. The van der Waals surface area contributed by atoms with Gasteiger partial charge in [0.15, 0.2) is 0 Å². The van der Waals surface area contributed by atoms with Gasteiger partial charge in [-0.1, -0.05) is 28.1 Å². The Labute approximate surface area is 108 Å². The van der Waals surface area contributed by atoms with E-state index in [2.05, 4.69) is 15.9 Å². The van der Waals surface area contributed by atoms with Crippen molar-refractivity contribution in [2.75, 3.05) is 6.61 Å². The number of carbonyl (C=O) groups is 1. The predicted molar refractivity (Wildman–Crippen MR) is 66.7 cm³/mol. The summed E-state index contributed by atoms with van der Waals surface area (Å²) in [5.74, 6) is -1.65. The molecule has 17 heavy (non-hydrogen) atoms. The Kier molecular flexibility index (Phi) is 5.61. The summed E-state index contributed by atoms with van der Waals surface area (Å²) >= 11 is 3.32. The summed E-state index contributed by atoms with van der Waals surface area (Å²) in [6.07, 6.45) is -0.590. The SMILES string of the molecule is O=C(O)C(Cc1cccc(Br)c1)CC(O)CO. The lowest BCUT2D eigenvalue weighted by molar-refractivity contribution is -0.143. The molecule has 0 bridgehead atoms. The normalized spacial score (nSPS) is 14.3. The van der Waals surface area contributed by atoms with Crippen molar-refractivity contribution in [3.05, 3.63) is 34.3 Å². The van der Waals surface area contributed by atoms with E-state index in [4.69, 9.17) is 10.2 Å². The van der Waals surface area contributed by atoms with E-state index in [0.29, 0.717) is 6.42 Å². The van der Waals surface area contributed by atoms with Gasteiger partial charge in [0, 0.05) is 4.47 Å². The third-order valence-corrected chi connectivity index (χ3v) is 2.98. The summed E-state index contributed by atoms with van der Waals surface area (Å²) in [7, 11) is 0. The van der Waals surface area contributed by atoms with Gasteiger partial charge >= 0.3 is 5.97 Å². The van der Waals surface area contributed by atoms with Crippen molar-refractivity contribution < 1.29 is 20.1 Å². The van der Waals surface area contributed by atoms with E-state index in [1.54, 1.807) is 0 Å². The van der Waals surface area contributed by atoms with Crippen molar-refractivity contribution in [3.63, 3.8) is 0 Å². The Morgan fingerprint density at radius 1 is 1.41 bits per heavy atom. The van der Waals surface area contributed by atoms with E-state index in [1.165, 1.54) is 0 Å². The Hall–Kier alpha value is -0.910. The average Bonchev–Trinajstić information content (AvgIpc) is 2.27. The highest BCUT2D eigenvalue weighted by molar-refractivity contribution is 9.10. The third-order valence-electron chi connectivity index (χ3n) is 2.49. The molecule has 0 aliphatic carbocycles. The molecular formula is C12H15BrO4. The molecule has 0 heterocycles. The molecule has 0 radical (unpaired) electrons. The minimum Gasteiger partial charge on any atom is -0.481 e. The third kappa shape index (κ3) is 4.85. The van der Waals surface area contributed by atoms with Gasteiger partial charge in [-0.05, 0) is 30.5 Å². The van der Waals surface area contributed by atoms with Gasteiger partial charge in [0.1, 0.15) is 0 Å². The highest BCUT2D eigenvalue weighted by Crippen LogP contribution is 2.18. The molecule has 0 aromatic heterocycles. The number of rotatable bonds is 6. The number of halogens is 1. The first kappa shape index (κ1) is 14.2. The number of aliphatic hydroxyl groups is 2. The van der Waals surface area contributed by atoms with E-state index >= 15 is 0 Å². The van der Waals surface area contributed by atoms with Crippen LogP contribution in [0.25, 0.3) is 0 Å². The molecule has 2 unspecified atom stereocenters. The highest BCUT2D eigenvalue weighted by Gasteiger charge is 2.21. The van der Waals surface area contributed by atoms with Gasteiger partial charge in [-0.25, -0.2) is 0 Å². The number of hydrogen-bond acceptors (Lipinski definition) is 3. The number of carboxylic acids is 1. The summed E-state index contributed by atoms with van der Waals surface area (Å²) in [6.45, 7) is -0.414. The Morgan fingerprint density at radius 2 is 2.12 bits per heavy atom. The molecule has 0 aliphatic rings. The number of aliphatic carboxylic acids is 1. The van der Waals surface area contributed by atoms with Gasteiger partial charge in [0.2, 0.25) is 0 Å². The minimum absolute atomic E-state index is 0.0539. The maximum absolute atomic E-state index is 11.0. The summed E-state index contributed by atoms with van der Waals surface area (Å²) < 4.78 is 0.891. The second kappa shape index (κ2) is 6.74. The summed E-state index contributed by atoms with van der Waals surface area (Å²) in [5.41, 5.74) is 0.886. The largest absolute Gasteiger partial charge is 0.481 e. The van der Waals surface area contributed by atoms with Crippen LogP contribution in [0, 0.1) is 5.92 Å². The lowest BCUT2D eigenvalue weighted by Crippen LogP contribution is -2.24. The zero-order valence-electron chi connectivity index (χ0n) is 9.21. The van der Waals surface area contributed by atoms with Crippen molar-refractivity contribution in [1.29, 1.82) is 0 Å². The number of hydrogen-bond donors (Lipinski definition) is 3. The Morgan fingerprint density at radius 3 is 2.65 bits per heavy atom. The molecule has 0 saturated heterocycles. The molecule has 5 heteroatoms. The first-order valence-electron chi connectivity index (χ1n) is 5.29. The fraction of sp³-hybridized carbons (Fsp3) is 0.417. The second-order valence-electron chi connectivity index (χ2n) is 3.94. The van der Waals surface area contributed by atoms with Crippen LogP contribution in [0.2, 0.25) is 0 Å². The summed E-state index contributed by atoms with van der Waals surface area (Å²) in [6, 6.07) is 7.38. The molecule has 3 N–H and O–H groups in total. The maximum atomic E-state index is 11.0. The van der Waals surface area contributed by atoms with E-state index in [-0.39, 0.29) is 6.42 Å².